The number of nitrogens with one attached hydrogen (secondary N) is 1. The molecule has 1 aromatic rings. The van der Waals surface area contributed by atoms with Gasteiger partial charge in [0.2, 0.25) is 0 Å². The van der Waals surface area contributed by atoms with Crippen LogP contribution >= 0.6 is 0 Å². The van der Waals surface area contributed by atoms with E-state index in [0.29, 0.717) is 12.6 Å². The molecule has 5 heteroatoms. The first-order valence-electron chi connectivity index (χ1n) is 6.97. The summed E-state index contributed by atoms with van der Waals surface area (Å²) in [6, 6.07) is 1.23. The Balaban J connectivity index is 2.31. The van der Waals surface area contributed by atoms with E-state index in [-0.39, 0.29) is 11.6 Å². The van der Waals surface area contributed by atoms with Gasteiger partial charge in [-0.1, -0.05) is 19.3 Å². The van der Waals surface area contributed by atoms with Gasteiger partial charge in [0.15, 0.2) is 23.3 Å². The first-order chi connectivity index (χ1) is 9.17. The van der Waals surface area contributed by atoms with Crippen LogP contribution in [0.3, 0.4) is 0 Å². The third-order valence-corrected chi connectivity index (χ3v) is 3.78. The van der Waals surface area contributed by atoms with E-state index < -0.39 is 11.6 Å². The molecule has 2 rings (SSSR count). The molecule has 1 fully saturated rings. The standard InChI is InChI=1S/C14H21F2N3/c1-3-19(10-7-5-4-6-8-10)14-12(16)9-11(15)13(17-2)18-14/h9-10H,3-8H2,1-2H3,(H,17,18). The summed E-state index contributed by atoms with van der Waals surface area (Å²) in [4.78, 5) is 6.07. The molecule has 106 valence electrons. The minimum absolute atomic E-state index is 0.102. The van der Waals surface area contributed by atoms with Gasteiger partial charge in [0, 0.05) is 25.7 Å². The zero-order chi connectivity index (χ0) is 13.8. The lowest BCUT2D eigenvalue weighted by Gasteiger charge is -2.34. The van der Waals surface area contributed by atoms with Gasteiger partial charge in [-0.2, -0.15) is 0 Å². The predicted octanol–water partition coefficient (Wildman–Crippen LogP) is 3.56. The first kappa shape index (κ1) is 14.0. The summed E-state index contributed by atoms with van der Waals surface area (Å²) < 4.78 is 27.4. The maximum atomic E-state index is 14.0. The van der Waals surface area contributed by atoms with Gasteiger partial charge in [-0.15, -0.1) is 0 Å². The highest BCUT2D eigenvalue weighted by atomic mass is 19.1. The van der Waals surface area contributed by atoms with Crippen molar-refractivity contribution < 1.29 is 8.78 Å². The molecule has 0 aromatic carbocycles. The molecule has 1 aliphatic rings. The monoisotopic (exact) mass is 269 g/mol. The van der Waals surface area contributed by atoms with E-state index in [1.165, 1.54) is 19.3 Å². The molecule has 1 aromatic heterocycles. The molecule has 1 heterocycles. The Morgan fingerprint density at radius 3 is 2.53 bits per heavy atom. The molecule has 0 bridgehead atoms. The Labute approximate surface area is 113 Å². The van der Waals surface area contributed by atoms with Gasteiger partial charge in [0.05, 0.1) is 0 Å². The Bertz CT molecular complexity index is 431. The van der Waals surface area contributed by atoms with Crippen LogP contribution in [0.2, 0.25) is 0 Å². The normalized spacial score (nSPS) is 16.4. The second-order valence-electron chi connectivity index (χ2n) is 4.95. The SMILES string of the molecule is CCN(c1nc(NC)c(F)cc1F)C1CCCCC1. The van der Waals surface area contributed by atoms with Crippen LogP contribution in [0.25, 0.3) is 0 Å². The quantitative estimate of drug-likeness (QED) is 0.906. The summed E-state index contributed by atoms with van der Waals surface area (Å²) in [6.45, 7) is 2.67. The molecule has 1 N–H and O–H groups in total. The fraction of sp³-hybridized carbons (Fsp3) is 0.643. The molecule has 0 amide bonds. The minimum atomic E-state index is -0.650. The van der Waals surface area contributed by atoms with Gasteiger partial charge in [-0.3, -0.25) is 0 Å². The molecule has 0 radical (unpaired) electrons. The van der Waals surface area contributed by atoms with Crippen molar-refractivity contribution in [3.8, 4) is 0 Å². The van der Waals surface area contributed by atoms with Gasteiger partial charge in [0.1, 0.15) is 0 Å². The third-order valence-electron chi connectivity index (χ3n) is 3.78. The van der Waals surface area contributed by atoms with Gasteiger partial charge in [0.25, 0.3) is 0 Å². The lowest BCUT2D eigenvalue weighted by Crippen LogP contribution is -2.38. The van der Waals surface area contributed by atoms with E-state index in [4.69, 9.17) is 0 Å². The molecule has 3 nitrogen and oxygen atoms in total. The van der Waals surface area contributed by atoms with Gasteiger partial charge in [-0.05, 0) is 19.8 Å². The summed E-state index contributed by atoms with van der Waals surface area (Å²) in [7, 11) is 1.59. The van der Waals surface area contributed by atoms with Crippen molar-refractivity contribution >= 4 is 11.6 Å². The van der Waals surface area contributed by atoms with Crippen molar-refractivity contribution in [1.82, 2.24) is 4.98 Å². The van der Waals surface area contributed by atoms with E-state index in [0.717, 1.165) is 18.9 Å². The van der Waals surface area contributed by atoms with Crippen molar-refractivity contribution in [2.24, 2.45) is 0 Å². The summed E-state index contributed by atoms with van der Waals surface area (Å²) in [5.74, 6) is -0.863. The average molecular weight is 269 g/mol. The topological polar surface area (TPSA) is 28.2 Å². The lowest BCUT2D eigenvalue weighted by molar-refractivity contribution is 0.411. The van der Waals surface area contributed by atoms with Crippen molar-refractivity contribution in [2.75, 3.05) is 23.8 Å². The number of nitrogens with zero attached hydrogens (tertiary/aromatic N) is 2. The van der Waals surface area contributed by atoms with Crippen LogP contribution in [0.1, 0.15) is 39.0 Å². The summed E-state index contributed by atoms with van der Waals surface area (Å²) in [5, 5.41) is 2.67. The molecule has 0 spiro atoms. The smallest absolute Gasteiger partial charge is 0.168 e. The van der Waals surface area contributed by atoms with E-state index >= 15 is 0 Å². The van der Waals surface area contributed by atoms with Crippen LogP contribution in [0, 0.1) is 11.6 Å². The zero-order valence-electron chi connectivity index (χ0n) is 11.5. The molecule has 0 aliphatic heterocycles. The lowest BCUT2D eigenvalue weighted by atomic mass is 9.94. The van der Waals surface area contributed by atoms with Crippen molar-refractivity contribution in [3.05, 3.63) is 17.7 Å². The van der Waals surface area contributed by atoms with Gasteiger partial charge in [-0.25, -0.2) is 13.8 Å². The van der Waals surface area contributed by atoms with Crippen LogP contribution in [0.5, 0.6) is 0 Å². The van der Waals surface area contributed by atoms with Crippen molar-refractivity contribution in [2.45, 2.75) is 45.1 Å². The minimum Gasteiger partial charge on any atom is -0.371 e. The Hall–Kier alpha value is -1.39. The van der Waals surface area contributed by atoms with Gasteiger partial charge < -0.3 is 10.2 Å². The van der Waals surface area contributed by atoms with Crippen molar-refractivity contribution in [3.63, 3.8) is 0 Å². The van der Waals surface area contributed by atoms with E-state index in [9.17, 15) is 8.78 Å². The Kier molecular flexibility index (Phi) is 4.56. The van der Waals surface area contributed by atoms with Gasteiger partial charge >= 0.3 is 0 Å². The number of pyridine rings is 1. The van der Waals surface area contributed by atoms with E-state index in [1.54, 1.807) is 7.05 Å². The highest BCUT2D eigenvalue weighted by Gasteiger charge is 2.24. The molecule has 0 atom stereocenters. The molecule has 1 aliphatic carbocycles. The highest BCUT2D eigenvalue weighted by Crippen LogP contribution is 2.29. The van der Waals surface area contributed by atoms with E-state index in [1.807, 2.05) is 11.8 Å². The second kappa shape index (κ2) is 6.17. The largest absolute Gasteiger partial charge is 0.371 e. The number of rotatable bonds is 4. The Morgan fingerprint density at radius 1 is 1.26 bits per heavy atom. The summed E-state index contributed by atoms with van der Waals surface area (Å²) in [6.07, 6.45) is 5.70. The number of aromatic nitrogens is 1. The van der Waals surface area contributed by atoms with Crippen LogP contribution in [-0.4, -0.2) is 24.6 Å². The number of hydrogen-bond acceptors (Lipinski definition) is 3. The number of hydrogen-bond donors (Lipinski definition) is 1. The Morgan fingerprint density at radius 2 is 1.95 bits per heavy atom. The van der Waals surface area contributed by atoms with Crippen LogP contribution in [0.15, 0.2) is 6.07 Å². The van der Waals surface area contributed by atoms with E-state index in [2.05, 4.69) is 10.3 Å². The molecule has 0 unspecified atom stereocenters. The molecular weight excluding hydrogens is 248 g/mol. The van der Waals surface area contributed by atoms with Crippen molar-refractivity contribution in [1.29, 1.82) is 0 Å². The second-order valence-corrected chi connectivity index (χ2v) is 4.95. The molecular formula is C14H21F2N3. The molecule has 19 heavy (non-hydrogen) atoms. The number of anilines is 2. The van der Waals surface area contributed by atoms with Crippen LogP contribution in [0.4, 0.5) is 20.4 Å². The maximum absolute atomic E-state index is 14.0. The molecule has 0 saturated heterocycles. The molecule has 1 saturated carbocycles. The fourth-order valence-electron chi connectivity index (χ4n) is 2.81. The van der Waals surface area contributed by atoms with Crippen LogP contribution < -0.4 is 10.2 Å². The predicted molar refractivity (Wildman–Crippen MR) is 73.6 cm³/mol. The summed E-state index contributed by atoms with van der Waals surface area (Å²) in [5.41, 5.74) is 0. The third kappa shape index (κ3) is 2.96. The van der Waals surface area contributed by atoms with Crippen LogP contribution in [-0.2, 0) is 0 Å². The zero-order valence-corrected chi connectivity index (χ0v) is 11.5. The average Bonchev–Trinajstić information content (AvgIpc) is 2.43. The first-order valence-corrected chi connectivity index (χ1v) is 6.97. The number of halogens is 2. The fourth-order valence-corrected chi connectivity index (χ4v) is 2.81. The highest BCUT2D eigenvalue weighted by molar-refractivity contribution is 5.49. The summed E-state index contributed by atoms with van der Waals surface area (Å²) >= 11 is 0. The maximum Gasteiger partial charge on any atom is 0.168 e.